The Morgan fingerprint density at radius 1 is 1.35 bits per heavy atom. The first-order valence-electron chi connectivity index (χ1n) is 9.11. The Balaban J connectivity index is 1.81. The Bertz CT molecular complexity index is 582. The fourth-order valence-corrected chi connectivity index (χ4v) is 3.07. The lowest BCUT2D eigenvalue weighted by atomic mass is 10.1. The summed E-state index contributed by atoms with van der Waals surface area (Å²) in [6.45, 7) is 6.14. The van der Waals surface area contributed by atoms with Crippen molar-refractivity contribution in [2.45, 2.75) is 19.4 Å². The van der Waals surface area contributed by atoms with Crippen LogP contribution in [0, 0.1) is 0 Å². The average Bonchev–Trinajstić information content (AvgIpc) is 2.66. The van der Waals surface area contributed by atoms with E-state index in [1.54, 1.807) is 14.2 Å². The molecule has 26 heavy (non-hydrogen) atoms. The number of rotatable bonds is 8. The summed E-state index contributed by atoms with van der Waals surface area (Å²) in [5.41, 5.74) is 1.20. The van der Waals surface area contributed by atoms with E-state index in [1.807, 2.05) is 24.0 Å². The molecule has 2 rings (SSSR count). The van der Waals surface area contributed by atoms with Crippen LogP contribution in [0.1, 0.15) is 12.5 Å². The number of amides is 2. The van der Waals surface area contributed by atoms with Crippen LogP contribution in [0.4, 0.5) is 4.79 Å². The highest BCUT2D eigenvalue weighted by atomic mass is 16.5. The molecule has 1 aromatic rings. The minimum atomic E-state index is -0.00576. The smallest absolute Gasteiger partial charge is 0.317 e. The lowest BCUT2D eigenvalue weighted by Gasteiger charge is -2.34. The molecule has 0 aliphatic carbocycles. The number of hydrogen-bond acceptors (Lipinski definition) is 5. The first kappa shape index (κ1) is 20.3. The summed E-state index contributed by atoms with van der Waals surface area (Å²) >= 11 is 0. The van der Waals surface area contributed by atoms with E-state index in [9.17, 15) is 4.79 Å². The van der Waals surface area contributed by atoms with Crippen LogP contribution < -0.4 is 14.8 Å². The van der Waals surface area contributed by atoms with Crippen LogP contribution >= 0.6 is 0 Å². The van der Waals surface area contributed by atoms with Crippen LogP contribution in [0.25, 0.3) is 0 Å². The van der Waals surface area contributed by atoms with Gasteiger partial charge in [0.05, 0.1) is 26.9 Å². The molecule has 1 fully saturated rings. The van der Waals surface area contributed by atoms with Crippen LogP contribution in [-0.2, 0) is 11.2 Å². The van der Waals surface area contributed by atoms with E-state index < -0.39 is 0 Å². The second-order valence-corrected chi connectivity index (χ2v) is 6.48. The average molecular weight is 365 g/mol. The minimum Gasteiger partial charge on any atom is -0.493 e. The molecule has 7 nitrogen and oxygen atoms in total. The van der Waals surface area contributed by atoms with Crippen molar-refractivity contribution in [2.75, 3.05) is 60.6 Å². The molecule has 1 saturated heterocycles. The van der Waals surface area contributed by atoms with Gasteiger partial charge in [0.1, 0.15) is 0 Å². The quantitative estimate of drug-likeness (QED) is 0.758. The molecule has 2 amide bonds. The van der Waals surface area contributed by atoms with Crippen LogP contribution in [0.5, 0.6) is 11.5 Å². The van der Waals surface area contributed by atoms with Crippen LogP contribution in [0.3, 0.4) is 0 Å². The van der Waals surface area contributed by atoms with Crippen molar-refractivity contribution in [1.82, 2.24) is 15.1 Å². The molecule has 0 saturated carbocycles. The topological polar surface area (TPSA) is 63.3 Å². The summed E-state index contributed by atoms with van der Waals surface area (Å²) in [5.74, 6) is 1.49. The maximum Gasteiger partial charge on any atom is 0.317 e. The number of morpholine rings is 1. The highest BCUT2D eigenvalue weighted by Crippen LogP contribution is 2.27. The van der Waals surface area contributed by atoms with Gasteiger partial charge in [0.25, 0.3) is 0 Å². The molecule has 0 spiro atoms. The maximum absolute atomic E-state index is 12.0. The van der Waals surface area contributed by atoms with E-state index in [0.29, 0.717) is 26.2 Å². The largest absolute Gasteiger partial charge is 0.493 e. The number of urea groups is 1. The van der Waals surface area contributed by atoms with Crippen molar-refractivity contribution in [2.24, 2.45) is 0 Å². The van der Waals surface area contributed by atoms with E-state index in [1.165, 1.54) is 5.56 Å². The number of nitrogens with one attached hydrogen (secondary N) is 1. The van der Waals surface area contributed by atoms with E-state index in [0.717, 1.165) is 31.0 Å². The van der Waals surface area contributed by atoms with Gasteiger partial charge >= 0.3 is 6.03 Å². The Labute approximate surface area is 156 Å². The fraction of sp³-hybridized carbons (Fsp3) is 0.632. The van der Waals surface area contributed by atoms with Crippen LogP contribution in [0.15, 0.2) is 18.2 Å². The SMILES string of the molecule is CCNC(=O)N1CCOC(CN(C)CCc2ccc(OC)c(OC)c2)C1. The summed E-state index contributed by atoms with van der Waals surface area (Å²) in [5, 5.41) is 2.85. The maximum atomic E-state index is 12.0. The molecule has 0 aromatic heterocycles. The molecular weight excluding hydrogens is 334 g/mol. The molecule has 0 bridgehead atoms. The molecule has 1 aliphatic heterocycles. The van der Waals surface area contributed by atoms with Gasteiger partial charge in [-0.2, -0.15) is 0 Å². The minimum absolute atomic E-state index is 0.00576. The standard InChI is InChI=1S/C19H31N3O4/c1-5-20-19(23)22-10-11-26-16(14-22)13-21(2)9-8-15-6-7-17(24-3)18(12-15)25-4/h6-7,12,16H,5,8-11,13-14H2,1-4H3,(H,20,23). The predicted molar refractivity (Wildman–Crippen MR) is 101 cm³/mol. The Kier molecular flexibility index (Phi) is 8.00. The first-order chi connectivity index (χ1) is 12.6. The molecule has 1 heterocycles. The molecule has 1 atom stereocenters. The zero-order valence-electron chi connectivity index (χ0n) is 16.3. The van der Waals surface area contributed by atoms with Gasteiger partial charge in [-0.3, -0.25) is 0 Å². The van der Waals surface area contributed by atoms with Gasteiger partial charge in [0.15, 0.2) is 11.5 Å². The van der Waals surface area contributed by atoms with Crippen LogP contribution in [0.2, 0.25) is 0 Å². The summed E-state index contributed by atoms with van der Waals surface area (Å²) in [6, 6.07) is 6.00. The van der Waals surface area contributed by atoms with E-state index in [4.69, 9.17) is 14.2 Å². The van der Waals surface area contributed by atoms with Crippen molar-refractivity contribution >= 4 is 6.03 Å². The highest BCUT2D eigenvalue weighted by molar-refractivity contribution is 5.74. The molecule has 1 aromatic carbocycles. The van der Waals surface area contributed by atoms with Crippen molar-refractivity contribution in [3.05, 3.63) is 23.8 Å². The number of benzene rings is 1. The van der Waals surface area contributed by atoms with E-state index >= 15 is 0 Å². The number of likely N-dealkylation sites (N-methyl/N-ethyl adjacent to an activating group) is 1. The summed E-state index contributed by atoms with van der Waals surface area (Å²) < 4.78 is 16.5. The molecule has 146 valence electrons. The van der Waals surface area contributed by atoms with Crippen molar-refractivity contribution in [3.63, 3.8) is 0 Å². The first-order valence-corrected chi connectivity index (χ1v) is 9.11. The number of carbonyl (C=O) groups is 1. The molecular formula is C19H31N3O4. The van der Waals surface area contributed by atoms with Gasteiger partial charge in [0.2, 0.25) is 0 Å². The lowest BCUT2D eigenvalue weighted by Crippen LogP contribution is -2.52. The Hall–Kier alpha value is -1.99. The van der Waals surface area contributed by atoms with Gasteiger partial charge in [-0.05, 0) is 38.1 Å². The Morgan fingerprint density at radius 3 is 2.81 bits per heavy atom. The Morgan fingerprint density at radius 2 is 2.12 bits per heavy atom. The third kappa shape index (κ3) is 5.78. The normalized spacial score (nSPS) is 17.3. The van der Waals surface area contributed by atoms with Gasteiger partial charge < -0.3 is 29.3 Å². The second-order valence-electron chi connectivity index (χ2n) is 6.48. The van der Waals surface area contributed by atoms with Gasteiger partial charge in [0, 0.05) is 32.7 Å². The zero-order valence-corrected chi connectivity index (χ0v) is 16.3. The molecule has 7 heteroatoms. The predicted octanol–water partition coefficient (Wildman–Crippen LogP) is 1.61. The summed E-state index contributed by atoms with van der Waals surface area (Å²) in [4.78, 5) is 16.0. The fourth-order valence-electron chi connectivity index (χ4n) is 3.07. The van der Waals surface area contributed by atoms with Crippen molar-refractivity contribution in [1.29, 1.82) is 0 Å². The third-order valence-corrected chi connectivity index (χ3v) is 4.50. The second kappa shape index (κ2) is 10.2. The van der Waals surface area contributed by atoms with E-state index in [-0.39, 0.29) is 12.1 Å². The van der Waals surface area contributed by atoms with Gasteiger partial charge in [-0.25, -0.2) is 4.79 Å². The summed E-state index contributed by atoms with van der Waals surface area (Å²) in [6.07, 6.45) is 0.950. The molecule has 1 N–H and O–H groups in total. The van der Waals surface area contributed by atoms with Gasteiger partial charge in [-0.1, -0.05) is 6.07 Å². The molecule has 0 radical (unpaired) electrons. The number of ether oxygens (including phenoxy) is 3. The molecule has 1 aliphatic rings. The summed E-state index contributed by atoms with van der Waals surface area (Å²) in [7, 11) is 5.36. The number of nitrogens with zero attached hydrogens (tertiary/aromatic N) is 2. The van der Waals surface area contributed by atoms with Crippen LogP contribution in [-0.4, -0.2) is 82.5 Å². The highest BCUT2D eigenvalue weighted by Gasteiger charge is 2.24. The lowest BCUT2D eigenvalue weighted by molar-refractivity contribution is -0.0271. The zero-order chi connectivity index (χ0) is 18.9. The van der Waals surface area contributed by atoms with E-state index in [2.05, 4.69) is 23.3 Å². The van der Waals surface area contributed by atoms with Gasteiger partial charge in [-0.15, -0.1) is 0 Å². The molecule has 1 unspecified atom stereocenters. The third-order valence-electron chi connectivity index (χ3n) is 4.50. The van der Waals surface area contributed by atoms with Crippen molar-refractivity contribution in [3.8, 4) is 11.5 Å². The number of carbonyl (C=O) groups excluding carboxylic acids is 1. The monoisotopic (exact) mass is 365 g/mol. The number of methoxy groups -OCH3 is 2. The van der Waals surface area contributed by atoms with Crippen molar-refractivity contribution < 1.29 is 19.0 Å². The number of hydrogen-bond donors (Lipinski definition) is 1.